The number of rotatable bonds is 4. The Labute approximate surface area is 122 Å². The first kappa shape index (κ1) is 13.7. The molecule has 112 valence electrons. The van der Waals surface area contributed by atoms with Gasteiger partial charge in [0.05, 0.1) is 12.2 Å². The van der Waals surface area contributed by atoms with E-state index in [9.17, 15) is 4.79 Å². The Morgan fingerprint density at radius 2 is 2.29 bits per heavy atom. The van der Waals surface area contributed by atoms with E-state index in [-0.39, 0.29) is 11.9 Å². The van der Waals surface area contributed by atoms with E-state index in [4.69, 9.17) is 5.73 Å². The maximum atomic E-state index is 12.2. The Morgan fingerprint density at radius 3 is 3.00 bits per heavy atom. The van der Waals surface area contributed by atoms with Crippen LogP contribution in [0.3, 0.4) is 0 Å². The number of aromatic nitrogens is 5. The van der Waals surface area contributed by atoms with E-state index in [1.54, 1.807) is 24.1 Å². The maximum absolute atomic E-state index is 12.2. The van der Waals surface area contributed by atoms with E-state index in [2.05, 4.69) is 25.2 Å². The fourth-order valence-electron chi connectivity index (χ4n) is 2.61. The minimum absolute atomic E-state index is 0.223. The molecule has 0 bridgehead atoms. The molecule has 2 unspecified atom stereocenters. The summed E-state index contributed by atoms with van der Waals surface area (Å²) >= 11 is 0. The summed E-state index contributed by atoms with van der Waals surface area (Å²) in [6.45, 7) is 2.80. The van der Waals surface area contributed by atoms with Crippen molar-refractivity contribution in [3.63, 3.8) is 0 Å². The van der Waals surface area contributed by atoms with Crippen LogP contribution in [0.25, 0.3) is 0 Å². The minimum atomic E-state index is -0.734. The molecule has 2 aromatic rings. The van der Waals surface area contributed by atoms with E-state index in [1.807, 2.05) is 6.92 Å². The molecule has 0 saturated heterocycles. The molecule has 0 aliphatic carbocycles. The topological polar surface area (TPSA) is 104 Å². The molecule has 3 rings (SSSR count). The van der Waals surface area contributed by atoms with Crippen LogP contribution in [0.5, 0.6) is 0 Å². The van der Waals surface area contributed by atoms with Crippen molar-refractivity contribution in [1.29, 1.82) is 0 Å². The van der Waals surface area contributed by atoms with Crippen LogP contribution in [0.2, 0.25) is 0 Å². The first-order chi connectivity index (χ1) is 10.1. The summed E-state index contributed by atoms with van der Waals surface area (Å²) in [6, 6.07) is -0.957. The van der Waals surface area contributed by atoms with Crippen LogP contribution < -0.4 is 11.1 Å². The number of carbonyl (C=O) groups is 1. The number of amides is 1. The van der Waals surface area contributed by atoms with Crippen LogP contribution in [0, 0.1) is 0 Å². The molecule has 8 nitrogen and oxygen atoms in total. The minimum Gasteiger partial charge on any atom is -0.345 e. The van der Waals surface area contributed by atoms with E-state index in [0.29, 0.717) is 5.56 Å². The van der Waals surface area contributed by atoms with Gasteiger partial charge < -0.3 is 15.6 Å². The molecule has 3 N–H and O–H groups in total. The molecule has 1 amide bonds. The lowest BCUT2D eigenvalue weighted by Gasteiger charge is -2.16. The average molecular weight is 289 g/mol. The molecule has 2 aromatic heterocycles. The molecule has 0 fully saturated rings. The lowest BCUT2D eigenvalue weighted by Crippen LogP contribution is -2.36. The zero-order chi connectivity index (χ0) is 15.0. The van der Waals surface area contributed by atoms with Gasteiger partial charge in [-0.05, 0) is 13.3 Å². The number of nitrogens with zero attached hydrogens (tertiary/aromatic N) is 5. The van der Waals surface area contributed by atoms with Crippen LogP contribution in [0.4, 0.5) is 0 Å². The molecule has 21 heavy (non-hydrogen) atoms. The Bertz CT molecular complexity index is 659. The smallest absolute Gasteiger partial charge is 0.242 e. The maximum Gasteiger partial charge on any atom is 0.242 e. The highest BCUT2D eigenvalue weighted by atomic mass is 16.2. The van der Waals surface area contributed by atoms with Crippen molar-refractivity contribution in [1.82, 2.24) is 29.9 Å². The van der Waals surface area contributed by atoms with Gasteiger partial charge >= 0.3 is 0 Å². The number of nitrogens with two attached hydrogens (primary N) is 1. The number of nitrogens with one attached hydrogen (secondary N) is 1. The predicted octanol–water partition coefficient (Wildman–Crippen LogP) is -0.165. The molecule has 0 spiro atoms. The van der Waals surface area contributed by atoms with Crippen molar-refractivity contribution in [3.05, 3.63) is 29.6 Å². The quantitative estimate of drug-likeness (QED) is 0.813. The van der Waals surface area contributed by atoms with Crippen molar-refractivity contribution in [2.75, 3.05) is 0 Å². The summed E-state index contributed by atoms with van der Waals surface area (Å²) < 4.78 is 3.69. The second kappa shape index (κ2) is 5.28. The van der Waals surface area contributed by atoms with Gasteiger partial charge in [-0.1, -0.05) is 0 Å². The van der Waals surface area contributed by atoms with Crippen molar-refractivity contribution in [2.24, 2.45) is 12.8 Å². The first-order valence-electron chi connectivity index (χ1n) is 7.02. The van der Waals surface area contributed by atoms with Gasteiger partial charge in [0.1, 0.15) is 11.9 Å². The van der Waals surface area contributed by atoms with Crippen LogP contribution in [0.1, 0.15) is 42.6 Å². The normalized spacial score (nSPS) is 16.5. The third kappa shape index (κ3) is 2.54. The second-order valence-electron chi connectivity index (χ2n) is 5.38. The number of hydrogen-bond donors (Lipinski definition) is 2. The van der Waals surface area contributed by atoms with E-state index in [1.165, 1.54) is 0 Å². The molecule has 1 aliphatic heterocycles. The van der Waals surface area contributed by atoms with Gasteiger partial charge in [-0.3, -0.25) is 9.48 Å². The third-order valence-electron chi connectivity index (χ3n) is 3.75. The fraction of sp³-hybridized carbons (Fsp3) is 0.538. The van der Waals surface area contributed by atoms with E-state index >= 15 is 0 Å². The van der Waals surface area contributed by atoms with Gasteiger partial charge in [-0.15, -0.1) is 10.2 Å². The van der Waals surface area contributed by atoms with Crippen LogP contribution in [-0.2, 0) is 24.8 Å². The van der Waals surface area contributed by atoms with Crippen LogP contribution in [-0.4, -0.2) is 30.5 Å². The number of carbonyl (C=O) groups excluding carboxylic acids is 1. The predicted molar refractivity (Wildman–Crippen MR) is 75.0 cm³/mol. The summed E-state index contributed by atoms with van der Waals surface area (Å²) in [7, 11) is 1.79. The molecule has 1 aliphatic rings. The van der Waals surface area contributed by atoms with Crippen molar-refractivity contribution >= 4 is 5.91 Å². The highest BCUT2D eigenvalue weighted by Crippen LogP contribution is 2.19. The van der Waals surface area contributed by atoms with Crippen molar-refractivity contribution in [2.45, 2.75) is 38.4 Å². The Morgan fingerprint density at radius 1 is 1.48 bits per heavy atom. The third-order valence-corrected chi connectivity index (χ3v) is 3.75. The number of hydrogen-bond acceptors (Lipinski definition) is 5. The summed E-state index contributed by atoms with van der Waals surface area (Å²) in [4.78, 5) is 12.2. The van der Waals surface area contributed by atoms with Gasteiger partial charge in [-0.25, -0.2) is 0 Å². The molecular weight excluding hydrogens is 270 g/mol. The summed E-state index contributed by atoms with van der Waals surface area (Å²) in [5.74, 6) is 1.53. The standard InChI is InChI=1S/C13H19N7O/c1-8(12-18-17-10-4-3-5-20(10)12)16-13(21)11(14)9-6-15-19(2)7-9/h6-8,11H,3-5,14H2,1-2H3,(H,16,21). The van der Waals surface area contributed by atoms with Gasteiger partial charge in [0.2, 0.25) is 5.91 Å². The lowest BCUT2D eigenvalue weighted by atomic mass is 10.1. The summed E-state index contributed by atoms with van der Waals surface area (Å²) in [6.07, 6.45) is 5.37. The summed E-state index contributed by atoms with van der Waals surface area (Å²) in [5, 5.41) is 15.2. The first-order valence-corrected chi connectivity index (χ1v) is 7.02. The number of aryl methyl sites for hydroxylation is 2. The molecule has 8 heteroatoms. The molecular formula is C13H19N7O. The zero-order valence-corrected chi connectivity index (χ0v) is 12.2. The van der Waals surface area contributed by atoms with Gasteiger partial charge in [-0.2, -0.15) is 5.10 Å². The highest BCUT2D eigenvalue weighted by molar-refractivity contribution is 5.83. The van der Waals surface area contributed by atoms with Gasteiger partial charge in [0.25, 0.3) is 0 Å². The molecule has 0 saturated carbocycles. The summed E-state index contributed by atoms with van der Waals surface area (Å²) in [5.41, 5.74) is 6.65. The largest absolute Gasteiger partial charge is 0.345 e. The molecule has 0 aromatic carbocycles. The SMILES string of the molecule is CC(NC(=O)C(N)c1cnn(C)c1)c1nnc2n1CCC2. The molecule has 2 atom stereocenters. The monoisotopic (exact) mass is 289 g/mol. The Balaban J connectivity index is 1.69. The van der Waals surface area contributed by atoms with E-state index < -0.39 is 6.04 Å². The molecule has 3 heterocycles. The number of fused-ring (bicyclic) bond motifs is 1. The van der Waals surface area contributed by atoms with Crippen molar-refractivity contribution < 1.29 is 4.79 Å². The molecule has 0 radical (unpaired) electrons. The van der Waals surface area contributed by atoms with Gasteiger partial charge in [0.15, 0.2) is 5.82 Å². The second-order valence-corrected chi connectivity index (χ2v) is 5.38. The van der Waals surface area contributed by atoms with Gasteiger partial charge in [0, 0.05) is 31.8 Å². The van der Waals surface area contributed by atoms with E-state index in [0.717, 1.165) is 31.0 Å². The zero-order valence-electron chi connectivity index (χ0n) is 12.2. The fourth-order valence-corrected chi connectivity index (χ4v) is 2.61. The van der Waals surface area contributed by atoms with Crippen LogP contribution >= 0.6 is 0 Å². The van der Waals surface area contributed by atoms with Crippen molar-refractivity contribution in [3.8, 4) is 0 Å². The Kier molecular flexibility index (Phi) is 3.46. The Hall–Kier alpha value is -2.22. The van der Waals surface area contributed by atoms with Crippen LogP contribution in [0.15, 0.2) is 12.4 Å². The average Bonchev–Trinajstić information content (AvgIpc) is 3.12. The lowest BCUT2D eigenvalue weighted by molar-refractivity contribution is -0.123. The highest BCUT2D eigenvalue weighted by Gasteiger charge is 2.25.